The van der Waals surface area contributed by atoms with Crippen LogP contribution >= 0.6 is 0 Å². The Morgan fingerprint density at radius 3 is 2.56 bits per heavy atom. The van der Waals surface area contributed by atoms with Gasteiger partial charge in [-0.05, 0) is 104 Å². The Balaban J connectivity index is 1.48. The molecule has 0 aromatic rings. The molecule has 0 aromatic heterocycles. The first-order chi connectivity index (χ1) is 15.4. The molecule has 3 saturated carbocycles. The van der Waals surface area contributed by atoms with Crippen LogP contribution in [0.2, 0.25) is 0 Å². The molecule has 4 unspecified atom stereocenters. The highest BCUT2D eigenvalue weighted by Crippen LogP contribution is 2.68. The minimum absolute atomic E-state index is 0.369. The Bertz CT molecular complexity index is 653. The molecule has 4 aliphatic carbocycles. The molecule has 0 aromatic carbocycles. The molecule has 0 N–H and O–H groups in total. The summed E-state index contributed by atoms with van der Waals surface area (Å²) in [5.74, 6) is 5.53. The van der Waals surface area contributed by atoms with E-state index in [-0.39, 0.29) is 0 Å². The van der Waals surface area contributed by atoms with E-state index in [0.717, 1.165) is 41.9 Å². The normalized spacial score (nSPS) is 42.2. The van der Waals surface area contributed by atoms with E-state index in [1.807, 2.05) is 0 Å². The Kier molecular flexibility index (Phi) is 7.82. The smallest absolute Gasteiger partial charge is 0.146 e. The van der Waals surface area contributed by atoms with Crippen LogP contribution < -0.4 is 0 Å². The Morgan fingerprint density at radius 1 is 1.03 bits per heavy atom. The van der Waals surface area contributed by atoms with Crippen LogP contribution in [0.1, 0.15) is 112 Å². The highest BCUT2D eigenvalue weighted by molar-refractivity contribution is 5.26. The lowest BCUT2D eigenvalue weighted by Crippen LogP contribution is -2.51. The largest absolute Gasteiger partial charge is 0.359 e. The van der Waals surface area contributed by atoms with Crippen molar-refractivity contribution in [3.8, 4) is 0 Å². The quantitative estimate of drug-likeness (QED) is 0.262. The highest BCUT2D eigenvalue weighted by atomic mass is 16.7. The summed E-state index contributed by atoms with van der Waals surface area (Å²) in [6.45, 7) is 13.0. The van der Waals surface area contributed by atoms with E-state index >= 15 is 0 Å². The first-order valence-corrected chi connectivity index (χ1v) is 14.2. The molecule has 0 bridgehead atoms. The van der Waals surface area contributed by atoms with E-state index in [4.69, 9.17) is 9.47 Å². The first kappa shape index (κ1) is 24.8. The summed E-state index contributed by atoms with van der Waals surface area (Å²) in [6, 6.07) is 0. The molecular weight excluding hydrogens is 392 g/mol. The Morgan fingerprint density at radius 2 is 1.84 bits per heavy atom. The van der Waals surface area contributed by atoms with Gasteiger partial charge >= 0.3 is 0 Å². The van der Waals surface area contributed by atoms with Crippen molar-refractivity contribution in [3.63, 3.8) is 0 Å². The fourth-order valence-electron chi connectivity index (χ4n) is 9.42. The van der Waals surface area contributed by atoms with Crippen molar-refractivity contribution in [2.75, 3.05) is 13.9 Å². The molecule has 3 fully saturated rings. The van der Waals surface area contributed by atoms with Crippen LogP contribution in [-0.2, 0) is 9.47 Å². The lowest BCUT2D eigenvalue weighted by molar-refractivity contribution is -0.102. The number of rotatable bonds is 9. The standard InChI is InChI=1S/C30H52O2/c1-7-30-18-15-24(32-20-31-6)19-23(30)11-12-25-27-14-13-26(22(4)10-8-9-21(2)3)29(27,5)17-16-28(25)30/h11,21-22,24-28H,7-10,12-20H2,1-6H3/t22-,24+,25+,26?,27?,28?,29?,30+/m1/s1. The van der Waals surface area contributed by atoms with Crippen LogP contribution in [0.3, 0.4) is 0 Å². The zero-order valence-electron chi connectivity index (χ0n) is 22.1. The van der Waals surface area contributed by atoms with Crippen LogP contribution in [0.15, 0.2) is 11.6 Å². The predicted molar refractivity (Wildman–Crippen MR) is 134 cm³/mol. The van der Waals surface area contributed by atoms with Crippen molar-refractivity contribution in [2.24, 2.45) is 46.3 Å². The summed E-state index contributed by atoms with van der Waals surface area (Å²) in [5.41, 5.74) is 2.82. The van der Waals surface area contributed by atoms with Crippen LogP contribution in [-0.4, -0.2) is 20.0 Å². The second-order valence-electron chi connectivity index (χ2n) is 12.8. The maximum atomic E-state index is 6.02. The number of hydrogen-bond donors (Lipinski definition) is 0. The molecule has 0 spiro atoms. The summed E-state index contributed by atoms with van der Waals surface area (Å²) in [5, 5.41) is 0. The van der Waals surface area contributed by atoms with E-state index in [2.05, 4.69) is 40.7 Å². The molecule has 184 valence electrons. The number of fused-ring (bicyclic) bond motifs is 5. The topological polar surface area (TPSA) is 18.5 Å². The van der Waals surface area contributed by atoms with Gasteiger partial charge in [0.15, 0.2) is 0 Å². The van der Waals surface area contributed by atoms with Crippen LogP contribution in [0.4, 0.5) is 0 Å². The van der Waals surface area contributed by atoms with Crippen LogP contribution in [0.25, 0.3) is 0 Å². The number of ether oxygens (including phenoxy) is 2. The maximum absolute atomic E-state index is 6.02. The van der Waals surface area contributed by atoms with Gasteiger partial charge in [0.25, 0.3) is 0 Å². The van der Waals surface area contributed by atoms with E-state index in [0.29, 0.717) is 23.7 Å². The van der Waals surface area contributed by atoms with E-state index < -0.39 is 0 Å². The Labute approximate surface area is 199 Å². The lowest BCUT2D eigenvalue weighted by Gasteiger charge is -2.59. The Hall–Kier alpha value is -0.340. The molecule has 0 amide bonds. The van der Waals surface area contributed by atoms with Gasteiger partial charge in [-0.15, -0.1) is 0 Å². The molecule has 8 atom stereocenters. The molecule has 2 heteroatoms. The fourth-order valence-corrected chi connectivity index (χ4v) is 9.42. The second kappa shape index (κ2) is 10.1. The monoisotopic (exact) mass is 444 g/mol. The molecule has 0 aliphatic heterocycles. The lowest BCUT2D eigenvalue weighted by atomic mass is 9.46. The van der Waals surface area contributed by atoms with Crippen molar-refractivity contribution < 1.29 is 9.47 Å². The molecule has 0 heterocycles. The van der Waals surface area contributed by atoms with E-state index in [1.54, 1.807) is 12.7 Å². The van der Waals surface area contributed by atoms with Gasteiger partial charge in [0.05, 0.1) is 6.10 Å². The average Bonchev–Trinajstić information content (AvgIpc) is 3.14. The number of hydrogen-bond acceptors (Lipinski definition) is 2. The molecule has 2 nitrogen and oxygen atoms in total. The maximum Gasteiger partial charge on any atom is 0.146 e. The van der Waals surface area contributed by atoms with Crippen molar-refractivity contribution in [1.29, 1.82) is 0 Å². The van der Waals surface area contributed by atoms with Crippen molar-refractivity contribution in [2.45, 2.75) is 118 Å². The molecule has 32 heavy (non-hydrogen) atoms. The predicted octanol–water partition coefficient (Wildman–Crippen LogP) is 8.41. The summed E-state index contributed by atoms with van der Waals surface area (Å²) in [6.07, 6.45) is 19.7. The van der Waals surface area contributed by atoms with Gasteiger partial charge in [0.1, 0.15) is 6.79 Å². The molecule has 0 saturated heterocycles. The number of methoxy groups -OCH3 is 1. The molecule has 4 aliphatic rings. The third-order valence-corrected chi connectivity index (χ3v) is 11.0. The van der Waals surface area contributed by atoms with Crippen molar-refractivity contribution in [3.05, 3.63) is 11.6 Å². The van der Waals surface area contributed by atoms with Gasteiger partial charge in [0.2, 0.25) is 0 Å². The molecule has 4 rings (SSSR count). The van der Waals surface area contributed by atoms with Gasteiger partial charge in [-0.25, -0.2) is 0 Å². The summed E-state index contributed by atoms with van der Waals surface area (Å²) < 4.78 is 11.2. The summed E-state index contributed by atoms with van der Waals surface area (Å²) in [4.78, 5) is 0. The minimum atomic E-state index is 0.369. The number of allylic oxidation sites excluding steroid dienone is 1. The first-order valence-electron chi connectivity index (χ1n) is 14.2. The molecule has 0 radical (unpaired) electrons. The van der Waals surface area contributed by atoms with Crippen LogP contribution in [0, 0.1) is 46.3 Å². The third kappa shape index (κ3) is 4.37. The van der Waals surface area contributed by atoms with Gasteiger partial charge in [-0.2, -0.15) is 0 Å². The fraction of sp³-hybridized carbons (Fsp3) is 0.933. The van der Waals surface area contributed by atoms with E-state index in [9.17, 15) is 0 Å². The second-order valence-corrected chi connectivity index (χ2v) is 12.8. The van der Waals surface area contributed by atoms with E-state index in [1.165, 1.54) is 70.6 Å². The zero-order valence-corrected chi connectivity index (χ0v) is 22.1. The zero-order chi connectivity index (χ0) is 22.9. The van der Waals surface area contributed by atoms with Gasteiger partial charge in [-0.3, -0.25) is 0 Å². The van der Waals surface area contributed by atoms with Gasteiger partial charge in [-0.1, -0.05) is 65.5 Å². The summed E-state index contributed by atoms with van der Waals surface area (Å²) >= 11 is 0. The van der Waals surface area contributed by atoms with Crippen molar-refractivity contribution >= 4 is 0 Å². The average molecular weight is 445 g/mol. The van der Waals surface area contributed by atoms with Crippen LogP contribution in [0.5, 0.6) is 0 Å². The summed E-state index contributed by atoms with van der Waals surface area (Å²) in [7, 11) is 1.74. The highest BCUT2D eigenvalue weighted by Gasteiger charge is 2.59. The third-order valence-electron chi connectivity index (χ3n) is 11.0. The van der Waals surface area contributed by atoms with Crippen molar-refractivity contribution in [1.82, 2.24) is 0 Å². The minimum Gasteiger partial charge on any atom is -0.359 e. The van der Waals surface area contributed by atoms with Gasteiger partial charge < -0.3 is 9.47 Å². The SMILES string of the molecule is CC[C@]12CC[C@H](OCOC)CC1=CC[C@H]1C3CCC([C@H](C)CCCC(C)C)C3(C)CCC12. The van der Waals surface area contributed by atoms with Gasteiger partial charge in [0, 0.05) is 7.11 Å². The molecular formula is C30H52O2.